The molecule has 416 valence electrons. The smallest absolute Gasteiger partial charge is 0.322 e. The van der Waals surface area contributed by atoms with E-state index in [2.05, 4.69) is 42.4 Å². The number of anilines is 2. The molecule has 5 amide bonds. The van der Waals surface area contributed by atoms with Crippen molar-refractivity contribution in [3.63, 3.8) is 0 Å². The van der Waals surface area contributed by atoms with Gasteiger partial charge in [-0.05, 0) is 84.5 Å². The second-order valence-corrected chi connectivity index (χ2v) is 21.8. The average molecular weight is 1090 g/mol. The van der Waals surface area contributed by atoms with Crippen molar-refractivity contribution in [2.75, 3.05) is 56.4 Å². The molecule has 1 aliphatic heterocycles. The molecule has 4 heterocycles. The first-order valence-electron chi connectivity index (χ1n) is 26.9. The summed E-state index contributed by atoms with van der Waals surface area (Å²) in [5.41, 5.74) is 8.25. The molecule has 0 spiro atoms. The van der Waals surface area contributed by atoms with Gasteiger partial charge >= 0.3 is 6.03 Å². The summed E-state index contributed by atoms with van der Waals surface area (Å²) in [6.07, 6.45) is 7.89. The van der Waals surface area contributed by atoms with Gasteiger partial charge in [-0.25, -0.2) is 14.8 Å². The number of aliphatic hydroxyl groups excluding tert-OH is 1. The number of likely N-dealkylation sites (tertiary alicyclic amines) is 1. The Morgan fingerprint density at radius 2 is 1.49 bits per heavy atom. The van der Waals surface area contributed by atoms with E-state index in [1.54, 1.807) is 23.6 Å². The number of ether oxygens (including phenoxy) is 3. The lowest BCUT2D eigenvalue weighted by molar-refractivity contribution is -0.144. The number of β-amino-alcohol motifs (C(OH)–C–C–N with tert-alkyl or cyclic N) is 1. The molecule has 2 fully saturated rings. The Balaban J connectivity index is 0.724. The Bertz CT molecular complexity index is 2970. The Hall–Kier alpha value is -7.54. The Morgan fingerprint density at radius 3 is 2.16 bits per heavy atom. The highest BCUT2D eigenvalue weighted by atomic mass is 32.1. The van der Waals surface area contributed by atoms with Crippen molar-refractivity contribution in [2.45, 2.75) is 110 Å². The zero-order valence-electron chi connectivity index (χ0n) is 45.3. The quantitative estimate of drug-likeness (QED) is 0.0376. The number of rotatable bonds is 24. The minimum absolute atomic E-state index is 0.00142. The molecule has 3 aromatic heterocycles. The number of nitrogens with one attached hydrogen (secondary N) is 4. The van der Waals surface area contributed by atoms with Crippen molar-refractivity contribution in [3.8, 4) is 27.6 Å². The minimum atomic E-state index is -0.976. The summed E-state index contributed by atoms with van der Waals surface area (Å²) in [7, 11) is 0. The molecule has 1 saturated carbocycles. The molecule has 1 saturated heterocycles. The van der Waals surface area contributed by atoms with Crippen LogP contribution in [0.1, 0.15) is 75.3 Å². The van der Waals surface area contributed by atoms with Gasteiger partial charge in [-0.3, -0.25) is 24.0 Å². The number of carbonyl (C=O) groups excluding carboxylic acids is 4. The first-order chi connectivity index (χ1) is 38.2. The average Bonchev–Trinajstić information content (AvgIpc) is 4.29. The maximum absolute atomic E-state index is 14.0. The number of pyridine rings is 1. The number of nitrogens with zero attached hydrogens (tertiary/aromatic N) is 7. The van der Waals surface area contributed by atoms with Crippen LogP contribution in [-0.2, 0) is 48.2 Å². The topological polar surface area (TPSA) is 238 Å². The van der Waals surface area contributed by atoms with E-state index in [0.717, 1.165) is 75.6 Å². The van der Waals surface area contributed by atoms with Crippen molar-refractivity contribution >= 4 is 46.6 Å². The Morgan fingerprint density at radius 1 is 0.810 bits per heavy atom. The van der Waals surface area contributed by atoms with Gasteiger partial charge in [0.05, 0.1) is 73.5 Å². The number of aromatic nitrogens is 4. The van der Waals surface area contributed by atoms with E-state index in [4.69, 9.17) is 19.5 Å². The van der Waals surface area contributed by atoms with E-state index in [0.29, 0.717) is 38.5 Å². The molecule has 79 heavy (non-hydrogen) atoms. The van der Waals surface area contributed by atoms with Gasteiger partial charge in [0.25, 0.3) is 0 Å². The van der Waals surface area contributed by atoms with Crippen molar-refractivity contribution in [2.24, 2.45) is 5.41 Å². The number of thiazole rings is 1. The molecule has 3 aromatic carbocycles. The van der Waals surface area contributed by atoms with Gasteiger partial charge in [-0.2, -0.15) is 10.4 Å². The summed E-state index contributed by atoms with van der Waals surface area (Å²) in [5.74, 6) is -0.578. The van der Waals surface area contributed by atoms with Crippen molar-refractivity contribution in [1.29, 1.82) is 5.26 Å². The summed E-state index contributed by atoms with van der Waals surface area (Å²) in [6.45, 7) is 9.78. The van der Waals surface area contributed by atoms with E-state index < -0.39 is 35.4 Å². The highest BCUT2D eigenvalue weighted by Crippen LogP contribution is 2.32. The van der Waals surface area contributed by atoms with Gasteiger partial charge in [0.15, 0.2) is 0 Å². The summed E-state index contributed by atoms with van der Waals surface area (Å²) in [5, 5.41) is 36.6. The van der Waals surface area contributed by atoms with Crippen LogP contribution in [0.3, 0.4) is 0 Å². The fourth-order valence-corrected chi connectivity index (χ4v) is 10.6. The van der Waals surface area contributed by atoms with Gasteiger partial charge in [0, 0.05) is 61.8 Å². The van der Waals surface area contributed by atoms with E-state index >= 15 is 0 Å². The monoisotopic (exact) mass is 1090 g/mol. The number of urea groups is 1. The zero-order valence-corrected chi connectivity index (χ0v) is 46.1. The van der Waals surface area contributed by atoms with Gasteiger partial charge in [0.1, 0.15) is 30.6 Å². The third-order valence-electron chi connectivity index (χ3n) is 14.1. The van der Waals surface area contributed by atoms with Crippen LogP contribution in [0.4, 0.5) is 16.3 Å². The second-order valence-electron chi connectivity index (χ2n) is 21.0. The normalized spacial score (nSPS) is 17.6. The van der Waals surface area contributed by atoms with E-state index in [1.807, 2.05) is 140 Å². The Labute approximate surface area is 465 Å². The van der Waals surface area contributed by atoms with Crippen molar-refractivity contribution < 1.29 is 38.5 Å². The summed E-state index contributed by atoms with van der Waals surface area (Å²) in [6, 6.07) is 29.6. The molecule has 8 rings (SSSR count). The fraction of sp³-hybridized carbons (Fsp3) is 0.424. The molecule has 0 unspecified atom stereocenters. The number of benzene rings is 3. The van der Waals surface area contributed by atoms with Gasteiger partial charge in [-0.15, -0.1) is 11.3 Å². The molecule has 0 radical (unpaired) electrons. The van der Waals surface area contributed by atoms with Crippen LogP contribution in [0.25, 0.3) is 21.6 Å². The molecular formula is C59H71N11O8S. The third kappa shape index (κ3) is 16.3. The number of carbonyl (C=O) groups is 4. The predicted octanol–water partition coefficient (Wildman–Crippen LogP) is 7.25. The van der Waals surface area contributed by atoms with Crippen LogP contribution in [0.15, 0.2) is 115 Å². The maximum Gasteiger partial charge on any atom is 0.322 e. The number of amides is 5. The van der Waals surface area contributed by atoms with Crippen LogP contribution in [0.2, 0.25) is 0 Å². The van der Waals surface area contributed by atoms with E-state index in [-0.39, 0.29) is 63.4 Å². The molecule has 1 aliphatic carbocycles. The molecule has 5 N–H and O–H groups in total. The van der Waals surface area contributed by atoms with Gasteiger partial charge in [-0.1, -0.05) is 87.5 Å². The standard InChI is InChI=1S/C59H71N11O8S/c1-40-54(79-39-64-40)45-13-10-42(11-14-45)32-62-56(73)51-30-50(71)37-69(51)57(74)55(59(2,3)4)67-53(72)38-78-29-28-77-27-26-76-25-24-68-36-46(35-65-68)44-15-19-48(20-16-44)70(58(75)63-33-41-8-6-5-7-9-41)49-21-17-47(18-22-49)66-52-23-12-43(31-60)34-61-52/h5-16,19-20,23,34-36,39,47,49-51,55,71H,17-18,21-22,24-30,32-33,37-38H2,1-4H3,(H,61,66)(H,62,73)(H,63,75)(H,67,72)/t47-,49-,50-,51+,55-/m1/s1. The fourth-order valence-electron chi connectivity index (χ4n) is 9.78. The highest BCUT2D eigenvalue weighted by Gasteiger charge is 2.44. The van der Waals surface area contributed by atoms with Crippen LogP contribution in [-0.4, -0.2) is 130 Å². The molecule has 19 nitrogen and oxygen atoms in total. The number of hydrogen-bond donors (Lipinski definition) is 5. The molecular weight excluding hydrogens is 1020 g/mol. The number of aryl methyl sites for hydroxylation is 1. The lowest BCUT2D eigenvalue weighted by Crippen LogP contribution is -2.58. The summed E-state index contributed by atoms with van der Waals surface area (Å²) in [4.78, 5) is 67.5. The predicted molar refractivity (Wildman–Crippen MR) is 302 cm³/mol. The van der Waals surface area contributed by atoms with Crippen molar-refractivity contribution in [1.82, 2.24) is 40.6 Å². The first-order valence-corrected chi connectivity index (χ1v) is 27.7. The molecule has 6 aromatic rings. The second kappa shape index (κ2) is 27.9. The van der Waals surface area contributed by atoms with Crippen LogP contribution >= 0.6 is 11.3 Å². The largest absolute Gasteiger partial charge is 0.391 e. The zero-order chi connectivity index (χ0) is 55.7. The highest BCUT2D eigenvalue weighted by molar-refractivity contribution is 7.13. The number of hydrogen-bond acceptors (Lipinski definition) is 14. The van der Waals surface area contributed by atoms with E-state index in [1.165, 1.54) is 4.90 Å². The maximum atomic E-state index is 14.0. The molecule has 2 aliphatic rings. The first kappa shape index (κ1) is 57.6. The van der Waals surface area contributed by atoms with Crippen molar-refractivity contribution in [3.05, 3.63) is 137 Å². The lowest BCUT2D eigenvalue weighted by Gasteiger charge is -2.37. The number of nitriles is 1. The summed E-state index contributed by atoms with van der Waals surface area (Å²) >= 11 is 1.57. The third-order valence-corrected chi connectivity index (χ3v) is 15.1. The number of aliphatic hydroxyl groups is 1. The van der Waals surface area contributed by atoms with Crippen LogP contribution in [0, 0.1) is 23.7 Å². The Kier molecular flexibility index (Phi) is 20.3. The van der Waals surface area contributed by atoms with Gasteiger partial charge < -0.3 is 45.5 Å². The molecule has 20 heteroatoms. The van der Waals surface area contributed by atoms with E-state index in [9.17, 15) is 24.3 Å². The minimum Gasteiger partial charge on any atom is -0.391 e. The molecule has 3 atom stereocenters. The van der Waals surface area contributed by atoms with Gasteiger partial charge in [0.2, 0.25) is 17.7 Å². The lowest BCUT2D eigenvalue weighted by atomic mass is 9.85. The van der Waals surface area contributed by atoms with Crippen LogP contribution < -0.4 is 26.2 Å². The summed E-state index contributed by atoms with van der Waals surface area (Å²) < 4.78 is 18.9. The SMILES string of the molecule is Cc1ncsc1-c1ccc(CNC(=O)[C@@H]2C[C@@H](O)CN2C(=O)[C@@H](NC(=O)COCCOCCOCCn2cc(-c3ccc(N(C(=O)NCc4ccccc4)[C@H]4CC[C@H](Nc5ccc(C#N)cn5)CC4)cc3)cn2)C(C)(C)C)cc1. The molecule has 0 bridgehead atoms. The van der Waals surface area contributed by atoms with Crippen LogP contribution in [0.5, 0.6) is 0 Å².